The Bertz CT molecular complexity index is 1060. The van der Waals surface area contributed by atoms with Gasteiger partial charge in [-0.25, -0.2) is 4.98 Å². The van der Waals surface area contributed by atoms with E-state index in [-0.39, 0.29) is 24.6 Å². The fourth-order valence-corrected chi connectivity index (χ4v) is 2.84. The summed E-state index contributed by atoms with van der Waals surface area (Å²) in [5.41, 5.74) is 2.61. The maximum Gasteiger partial charge on any atom is 0.306 e. The minimum absolute atomic E-state index is 0.0316. The van der Waals surface area contributed by atoms with Gasteiger partial charge in [0.05, 0.1) is 12.3 Å². The summed E-state index contributed by atoms with van der Waals surface area (Å²) in [7, 11) is 0. The number of carbonyl (C=O) groups is 1. The van der Waals surface area contributed by atoms with Crippen molar-refractivity contribution in [2.45, 2.75) is 33.3 Å². The average molecular weight is 401 g/mol. The molecule has 0 atom stereocenters. The second-order valence-electron chi connectivity index (χ2n) is 6.49. The van der Waals surface area contributed by atoms with E-state index in [0.717, 1.165) is 11.1 Å². The number of aryl methyl sites for hydroxylation is 2. The molecule has 28 heavy (non-hydrogen) atoms. The third-order valence-electron chi connectivity index (χ3n) is 4.24. The van der Waals surface area contributed by atoms with Gasteiger partial charge in [-0.05, 0) is 55.7 Å². The number of hydrogen-bond donors (Lipinski definition) is 0. The summed E-state index contributed by atoms with van der Waals surface area (Å²) >= 11 is 5.98. The van der Waals surface area contributed by atoms with Crippen LogP contribution in [0.15, 0.2) is 47.4 Å². The second-order valence-corrected chi connectivity index (χ2v) is 6.90. The smallest absolute Gasteiger partial charge is 0.306 e. The molecule has 3 rings (SSSR count). The number of aromatic nitrogens is 2. The summed E-state index contributed by atoms with van der Waals surface area (Å²) in [6.45, 7) is 4.14. The van der Waals surface area contributed by atoms with E-state index in [1.807, 2.05) is 26.0 Å². The van der Waals surface area contributed by atoms with Gasteiger partial charge in [-0.15, -0.1) is 0 Å². The maximum atomic E-state index is 12.1. The molecule has 0 bridgehead atoms. The summed E-state index contributed by atoms with van der Waals surface area (Å²) in [5.74, 6) is 0.356. The quantitative estimate of drug-likeness (QED) is 0.445. The van der Waals surface area contributed by atoms with Gasteiger partial charge in [0.15, 0.2) is 0 Å². The predicted octanol–water partition coefficient (Wildman–Crippen LogP) is 3.87. The molecule has 6 nitrogen and oxygen atoms in total. The Morgan fingerprint density at radius 1 is 1.18 bits per heavy atom. The lowest BCUT2D eigenvalue weighted by atomic mass is 10.2. The Hall–Kier alpha value is -2.86. The van der Waals surface area contributed by atoms with Gasteiger partial charge in [0, 0.05) is 23.7 Å². The van der Waals surface area contributed by atoms with Crippen LogP contribution in [0.5, 0.6) is 5.75 Å². The zero-order valence-electron chi connectivity index (χ0n) is 15.8. The van der Waals surface area contributed by atoms with Crippen LogP contribution in [-0.4, -0.2) is 22.0 Å². The lowest BCUT2D eigenvalue weighted by Crippen LogP contribution is -2.17. The maximum absolute atomic E-state index is 12.1. The van der Waals surface area contributed by atoms with Crippen LogP contribution in [0.3, 0.4) is 0 Å². The van der Waals surface area contributed by atoms with Gasteiger partial charge in [0.1, 0.15) is 18.0 Å². The third-order valence-corrected chi connectivity index (χ3v) is 4.67. The van der Waals surface area contributed by atoms with Crippen molar-refractivity contribution in [1.82, 2.24) is 9.38 Å². The molecule has 0 N–H and O–H groups in total. The highest BCUT2D eigenvalue weighted by Crippen LogP contribution is 2.21. The lowest BCUT2D eigenvalue weighted by Gasteiger charge is -2.09. The highest BCUT2D eigenvalue weighted by atomic mass is 35.5. The van der Waals surface area contributed by atoms with Crippen molar-refractivity contribution in [1.29, 1.82) is 0 Å². The first-order valence-corrected chi connectivity index (χ1v) is 9.34. The highest BCUT2D eigenvalue weighted by Gasteiger charge is 2.08. The molecule has 0 radical (unpaired) electrons. The molecule has 1 aromatic carbocycles. The number of halogens is 1. The number of carbonyl (C=O) groups excluding carboxylic acids is 1. The van der Waals surface area contributed by atoms with E-state index < -0.39 is 0 Å². The van der Waals surface area contributed by atoms with Crippen LogP contribution in [0.4, 0.5) is 0 Å². The number of pyridine rings is 1. The van der Waals surface area contributed by atoms with Crippen LogP contribution in [0, 0.1) is 13.8 Å². The topological polar surface area (TPSA) is 69.9 Å². The van der Waals surface area contributed by atoms with E-state index in [1.165, 1.54) is 10.5 Å². The second kappa shape index (κ2) is 8.89. The molecule has 3 aromatic rings. The van der Waals surface area contributed by atoms with Crippen molar-refractivity contribution in [3.63, 3.8) is 0 Å². The van der Waals surface area contributed by atoms with E-state index >= 15 is 0 Å². The number of benzene rings is 1. The van der Waals surface area contributed by atoms with Crippen LogP contribution in [-0.2, 0) is 16.1 Å². The summed E-state index contributed by atoms with van der Waals surface area (Å²) in [4.78, 5) is 28.5. The molecule has 0 aliphatic rings. The summed E-state index contributed by atoms with van der Waals surface area (Å²) in [5, 5.41) is 0.688. The molecule has 0 saturated carbocycles. The minimum atomic E-state index is -0.359. The Morgan fingerprint density at radius 2 is 2.00 bits per heavy atom. The molecule has 0 saturated heterocycles. The normalized spacial score (nSPS) is 10.8. The Kier molecular flexibility index (Phi) is 6.31. The first-order chi connectivity index (χ1) is 13.4. The predicted molar refractivity (Wildman–Crippen MR) is 107 cm³/mol. The van der Waals surface area contributed by atoms with E-state index in [1.54, 1.807) is 24.4 Å². The molecule has 0 amide bonds. The SMILES string of the molecule is Cc1cc(OCCCC(=O)OCc2cc(=O)n3cccc(C)c3n2)ccc1Cl. The molecule has 146 valence electrons. The summed E-state index contributed by atoms with van der Waals surface area (Å²) in [6.07, 6.45) is 2.40. The highest BCUT2D eigenvalue weighted by molar-refractivity contribution is 6.31. The first kappa shape index (κ1) is 19.9. The zero-order valence-corrected chi connectivity index (χ0v) is 16.5. The standard InChI is InChI=1S/C21H21ClN2O4/c1-14-5-3-9-24-19(25)12-16(23-21(14)24)13-28-20(26)6-4-10-27-17-7-8-18(22)15(2)11-17/h3,5,7-9,11-12H,4,6,10,13H2,1-2H3. The van der Waals surface area contributed by atoms with Gasteiger partial charge >= 0.3 is 5.97 Å². The lowest BCUT2D eigenvalue weighted by molar-refractivity contribution is -0.145. The number of hydrogen-bond acceptors (Lipinski definition) is 5. The summed E-state index contributed by atoms with van der Waals surface area (Å²) < 4.78 is 12.3. The Labute approximate surface area is 167 Å². The van der Waals surface area contributed by atoms with Crippen molar-refractivity contribution in [3.05, 3.63) is 74.8 Å². The monoisotopic (exact) mass is 400 g/mol. The van der Waals surface area contributed by atoms with Crippen LogP contribution in [0.1, 0.15) is 29.7 Å². The summed E-state index contributed by atoms with van der Waals surface area (Å²) in [6, 6.07) is 10.5. The molecule has 0 spiro atoms. The molecular formula is C21H21ClN2O4. The van der Waals surface area contributed by atoms with Gasteiger partial charge in [-0.1, -0.05) is 17.7 Å². The van der Waals surface area contributed by atoms with Gasteiger partial charge in [-0.2, -0.15) is 0 Å². The molecule has 0 unspecified atom stereocenters. The molecule has 2 heterocycles. The van der Waals surface area contributed by atoms with Gasteiger partial charge in [0.25, 0.3) is 5.56 Å². The third kappa shape index (κ3) is 4.89. The Morgan fingerprint density at radius 3 is 2.79 bits per heavy atom. The van der Waals surface area contributed by atoms with E-state index in [2.05, 4.69) is 4.98 Å². The largest absolute Gasteiger partial charge is 0.494 e. The molecular weight excluding hydrogens is 380 g/mol. The fraction of sp³-hybridized carbons (Fsp3) is 0.286. The van der Waals surface area contributed by atoms with Gasteiger partial charge < -0.3 is 9.47 Å². The number of nitrogens with zero attached hydrogens (tertiary/aromatic N) is 2. The number of ether oxygens (including phenoxy) is 2. The fourth-order valence-electron chi connectivity index (χ4n) is 2.72. The van der Waals surface area contributed by atoms with Crippen molar-refractivity contribution < 1.29 is 14.3 Å². The molecule has 7 heteroatoms. The van der Waals surface area contributed by atoms with E-state index in [4.69, 9.17) is 21.1 Å². The number of rotatable bonds is 7. The zero-order chi connectivity index (χ0) is 20.1. The number of esters is 1. The Balaban J connectivity index is 1.48. The van der Waals surface area contributed by atoms with Gasteiger partial charge in [-0.3, -0.25) is 14.0 Å². The van der Waals surface area contributed by atoms with Crippen LogP contribution in [0.2, 0.25) is 5.02 Å². The van der Waals surface area contributed by atoms with Crippen molar-refractivity contribution in [2.75, 3.05) is 6.61 Å². The molecule has 0 aliphatic carbocycles. The number of fused-ring (bicyclic) bond motifs is 1. The average Bonchev–Trinajstić information content (AvgIpc) is 2.67. The van der Waals surface area contributed by atoms with Crippen molar-refractivity contribution in [2.24, 2.45) is 0 Å². The van der Waals surface area contributed by atoms with Crippen molar-refractivity contribution in [3.8, 4) is 5.75 Å². The first-order valence-electron chi connectivity index (χ1n) is 8.96. The van der Waals surface area contributed by atoms with E-state index in [9.17, 15) is 9.59 Å². The minimum Gasteiger partial charge on any atom is -0.494 e. The molecule has 0 fully saturated rings. The van der Waals surface area contributed by atoms with Crippen LogP contribution >= 0.6 is 11.6 Å². The molecule has 0 aliphatic heterocycles. The van der Waals surface area contributed by atoms with E-state index in [0.29, 0.717) is 35.1 Å². The van der Waals surface area contributed by atoms with Crippen LogP contribution < -0.4 is 10.3 Å². The molecule has 2 aromatic heterocycles. The van der Waals surface area contributed by atoms with Gasteiger partial charge in [0.2, 0.25) is 0 Å². The van der Waals surface area contributed by atoms with Crippen molar-refractivity contribution >= 4 is 23.2 Å². The van der Waals surface area contributed by atoms with Crippen LogP contribution in [0.25, 0.3) is 5.65 Å².